The summed E-state index contributed by atoms with van der Waals surface area (Å²) in [5.74, 6) is 0. The van der Waals surface area contributed by atoms with Crippen LogP contribution in [0.15, 0.2) is 23.4 Å². The van der Waals surface area contributed by atoms with Crippen LogP contribution in [0, 0.1) is 0 Å². The van der Waals surface area contributed by atoms with Gasteiger partial charge in [0.2, 0.25) is 0 Å². The van der Waals surface area contributed by atoms with Crippen LogP contribution in [0.4, 0.5) is 0 Å². The molecule has 0 aromatic rings. The summed E-state index contributed by atoms with van der Waals surface area (Å²) < 4.78 is 16.1. The molecular formula is C9H14O3SSi. The van der Waals surface area contributed by atoms with Crippen molar-refractivity contribution in [3.8, 4) is 0 Å². The average molecular weight is 230 g/mol. The maximum atomic E-state index is 5.35. The van der Waals surface area contributed by atoms with E-state index in [2.05, 4.69) is 0 Å². The molecule has 0 heterocycles. The molecule has 0 radical (unpaired) electrons. The van der Waals surface area contributed by atoms with Crippen molar-refractivity contribution in [1.29, 1.82) is 0 Å². The van der Waals surface area contributed by atoms with Gasteiger partial charge in [-0.05, 0) is 0 Å². The maximum absolute atomic E-state index is 5.35. The third kappa shape index (κ3) is 2.02. The first kappa shape index (κ1) is 11.7. The van der Waals surface area contributed by atoms with Crippen LogP contribution in [0.25, 0.3) is 0 Å². The highest BCUT2D eigenvalue weighted by atomic mass is 32.1. The van der Waals surface area contributed by atoms with E-state index < -0.39 is 8.80 Å². The minimum Gasteiger partial charge on any atom is -0.373 e. The van der Waals surface area contributed by atoms with Gasteiger partial charge in [0.25, 0.3) is 0 Å². The van der Waals surface area contributed by atoms with Gasteiger partial charge in [-0.15, -0.1) is 0 Å². The third-order valence-corrected chi connectivity index (χ3v) is 5.45. The van der Waals surface area contributed by atoms with Gasteiger partial charge < -0.3 is 13.3 Å². The van der Waals surface area contributed by atoms with Crippen molar-refractivity contribution in [1.82, 2.24) is 0 Å². The molecule has 1 aliphatic carbocycles. The highest BCUT2D eigenvalue weighted by molar-refractivity contribution is 7.81. The molecule has 0 aromatic carbocycles. The fourth-order valence-corrected chi connectivity index (χ4v) is 3.84. The van der Waals surface area contributed by atoms with Crippen molar-refractivity contribution in [2.45, 2.75) is 6.42 Å². The molecule has 0 fully saturated rings. The Morgan fingerprint density at radius 3 is 2.21 bits per heavy atom. The molecule has 1 rings (SSSR count). The SMILES string of the molecule is CO[Si](OC)(OC)C1=CC=CCC1=S. The number of allylic oxidation sites excluding steroid dienone is 4. The van der Waals surface area contributed by atoms with E-state index in [1.807, 2.05) is 18.2 Å². The highest BCUT2D eigenvalue weighted by Crippen LogP contribution is 2.23. The van der Waals surface area contributed by atoms with Crippen LogP contribution in [0.3, 0.4) is 0 Å². The van der Waals surface area contributed by atoms with E-state index in [1.54, 1.807) is 21.3 Å². The minimum absolute atomic E-state index is 0.756. The van der Waals surface area contributed by atoms with E-state index in [4.69, 9.17) is 25.5 Å². The van der Waals surface area contributed by atoms with Gasteiger partial charge in [0.1, 0.15) is 0 Å². The van der Waals surface area contributed by atoms with Crippen molar-refractivity contribution in [2.24, 2.45) is 0 Å². The summed E-state index contributed by atoms with van der Waals surface area (Å²) in [6.07, 6.45) is 6.62. The minimum atomic E-state index is -2.71. The predicted molar refractivity (Wildman–Crippen MR) is 61.2 cm³/mol. The van der Waals surface area contributed by atoms with Crippen molar-refractivity contribution >= 4 is 25.9 Å². The molecule has 0 aromatic heterocycles. The van der Waals surface area contributed by atoms with Crippen LogP contribution in [0.5, 0.6) is 0 Å². The quantitative estimate of drug-likeness (QED) is 0.542. The first-order chi connectivity index (χ1) is 6.70. The van der Waals surface area contributed by atoms with Gasteiger partial charge >= 0.3 is 8.80 Å². The van der Waals surface area contributed by atoms with Crippen LogP contribution in [-0.2, 0) is 13.3 Å². The molecule has 0 spiro atoms. The number of rotatable bonds is 4. The molecular weight excluding hydrogens is 216 g/mol. The fourth-order valence-electron chi connectivity index (χ4n) is 1.39. The van der Waals surface area contributed by atoms with Crippen molar-refractivity contribution in [3.05, 3.63) is 23.4 Å². The molecule has 3 nitrogen and oxygen atoms in total. The molecule has 0 unspecified atom stereocenters. The second-order valence-corrected chi connectivity index (χ2v) is 6.17. The second kappa shape index (κ2) is 4.95. The van der Waals surface area contributed by atoms with E-state index >= 15 is 0 Å². The Kier molecular flexibility index (Phi) is 4.15. The topological polar surface area (TPSA) is 27.7 Å². The van der Waals surface area contributed by atoms with Gasteiger partial charge in [-0.2, -0.15) is 0 Å². The Hall–Kier alpha value is -0.333. The maximum Gasteiger partial charge on any atom is 0.537 e. The fraction of sp³-hybridized carbons (Fsp3) is 0.444. The summed E-state index contributed by atoms with van der Waals surface area (Å²) in [5, 5.41) is 0.891. The molecule has 14 heavy (non-hydrogen) atoms. The lowest BCUT2D eigenvalue weighted by Crippen LogP contribution is -2.47. The van der Waals surface area contributed by atoms with Gasteiger partial charge in [-0.3, -0.25) is 0 Å². The summed E-state index contributed by atoms with van der Waals surface area (Å²) in [6.45, 7) is 0. The van der Waals surface area contributed by atoms with Crippen LogP contribution < -0.4 is 0 Å². The zero-order valence-electron chi connectivity index (χ0n) is 8.57. The van der Waals surface area contributed by atoms with Gasteiger partial charge in [-0.25, -0.2) is 0 Å². The van der Waals surface area contributed by atoms with Crippen LogP contribution in [-0.4, -0.2) is 35.0 Å². The molecule has 0 saturated carbocycles. The molecule has 0 amide bonds. The van der Waals surface area contributed by atoms with Crippen molar-refractivity contribution in [3.63, 3.8) is 0 Å². The van der Waals surface area contributed by atoms with Crippen LogP contribution in [0.1, 0.15) is 6.42 Å². The molecule has 0 bridgehead atoms. The Morgan fingerprint density at radius 2 is 1.79 bits per heavy atom. The second-order valence-electron chi connectivity index (χ2n) is 2.80. The van der Waals surface area contributed by atoms with Gasteiger partial charge in [0, 0.05) is 37.8 Å². The normalized spacial score (nSPS) is 17.1. The van der Waals surface area contributed by atoms with E-state index in [0.717, 1.165) is 16.5 Å². The van der Waals surface area contributed by atoms with Gasteiger partial charge in [-0.1, -0.05) is 30.4 Å². The molecule has 78 valence electrons. The number of thiocarbonyl (C=S) groups is 1. The lowest BCUT2D eigenvalue weighted by Gasteiger charge is -2.27. The first-order valence-corrected chi connectivity index (χ1v) is 6.39. The average Bonchev–Trinajstić information content (AvgIpc) is 2.24. The van der Waals surface area contributed by atoms with E-state index in [1.165, 1.54) is 0 Å². The monoisotopic (exact) mass is 230 g/mol. The summed E-state index contributed by atoms with van der Waals surface area (Å²) in [5.41, 5.74) is 0. The highest BCUT2D eigenvalue weighted by Gasteiger charge is 2.44. The molecule has 1 aliphatic rings. The molecule has 0 atom stereocenters. The van der Waals surface area contributed by atoms with Crippen LogP contribution in [0.2, 0.25) is 0 Å². The Bertz CT molecular complexity index is 274. The van der Waals surface area contributed by atoms with E-state index in [9.17, 15) is 0 Å². The third-order valence-electron chi connectivity index (χ3n) is 2.14. The predicted octanol–water partition coefficient (Wildman–Crippen LogP) is 1.66. The van der Waals surface area contributed by atoms with E-state index in [-0.39, 0.29) is 0 Å². The van der Waals surface area contributed by atoms with Gasteiger partial charge in [0.05, 0.1) is 0 Å². The standard InChI is InChI=1S/C9H14O3SSi/c1-10-14(11-2,12-3)9-7-5-4-6-8(9)13/h4-5,7H,6H2,1-3H3. The summed E-state index contributed by atoms with van der Waals surface area (Å²) in [4.78, 5) is 0.838. The smallest absolute Gasteiger partial charge is 0.373 e. The summed E-state index contributed by atoms with van der Waals surface area (Å²) in [6, 6.07) is 0. The molecule has 0 N–H and O–H groups in total. The van der Waals surface area contributed by atoms with E-state index in [0.29, 0.717) is 0 Å². The van der Waals surface area contributed by atoms with Crippen molar-refractivity contribution < 1.29 is 13.3 Å². The number of hydrogen-bond donors (Lipinski definition) is 0. The molecule has 0 saturated heterocycles. The molecule has 5 heteroatoms. The zero-order valence-corrected chi connectivity index (χ0v) is 10.4. The van der Waals surface area contributed by atoms with Crippen molar-refractivity contribution in [2.75, 3.05) is 21.3 Å². The Morgan fingerprint density at radius 1 is 1.21 bits per heavy atom. The Labute approximate surface area is 90.7 Å². The van der Waals surface area contributed by atoms with Crippen LogP contribution >= 0.6 is 12.2 Å². The lowest BCUT2D eigenvalue weighted by atomic mass is 10.2. The van der Waals surface area contributed by atoms with Gasteiger partial charge in [0.15, 0.2) is 0 Å². The Balaban J connectivity index is 3.03. The number of hydrogen-bond acceptors (Lipinski definition) is 4. The lowest BCUT2D eigenvalue weighted by molar-refractivity contribution is 0.136. The molecule has 0 aliphatic heterocycles. The summed E-state index contributed by atoms with van der Waals surface area (Å²) in [7, 11) is 2.04. The zero-order chi connectivity index (χ0) is 10.6. The largest absolute Gasteiger partial charge is 0.537 e. The summed E-state index contributed by atoms with van der Waals surface area (Å²) >= 11 is 5.25. The first-order valence-electron chi connectivity index (χ1n) is 4.26.